The summed E-state index contributed by atoms with van der Waals surface area (Å²) < 4.78 is 53.9. The fraction of sp³-hybridized carbons (Fsp3) is 0.333. The maximum atomic E-state index is 13.0. The number of pyridine rings is 1. The fourth-order valence-corrected chi connectivity index (χ4v) is 0.975. The maximum absolute atomic E-state index is 13.0. The van der Waals surface area contributed by atoms with Gasteiger partial charge in [0.05, 0.1) is 19.2 Å². The molecule has 1 rings (SSSR count). The van der Waals surface area contributed by atoms with Crippen LogP contribution in [0.4, 0.5) is 17.6 Å². The van der Waals surface area contributed by atoms with Gasteiger partial charge in [0.15, 0.2) is 0 Å². The number of alkyl halides is 3. The van der Waals surface area contributed by atoms with E-state index in [2.05, 4.69) is 9.72 Å². The van der Waals surface area contributed by atoms with Crippen molar-refractivity contribution < 1.29 is 27.1 Å². The Morgan fingerprint density at radius 1 is 1.44 bits per heavy atom. The number of methoxy groups -OCH3 is 1. The van der Waals surface area contributed by atoms with Gasteiger partial charge in [-0.05, 0) is 12.1 Å². The molecule has 0 N–H and O–H groups in total. The first kappa shape index (κ1) is 12.4. The minimum atomic E-state index is -4.67. The third kappa shape index (κ3) is 2.91. The van der Waals surface area contributed by atoms with Gasteiger partial charge in [0.25, 0.3) is 0 Å². The van der Waals surface area contributed by atoms with E-state index in [0.717, 1.165) is 7.11 Å². The lowest BCUT2D eigenvalue weighted by molar-refractivity contribution is -0.143. The topological polar surface area (TPSA) is 39.2 Å². The molecule has 0 radical (unpaired) electrons. The molecule has 0 amide bonds. The van der Waals surface area contributed by atoms with Crippen LogP contribution in [0.3, 0.4) is 0 Å². The summed E-state index contributed by atoms with van der Waals surface area (Å²) in [6, 6.07) is 1.13. The lowest BCUT2D eigenvalue weighted by Gasteiger charge is -2.07. The average Bonchev–Trinajstić information content (AvgIpc) is 2.19. The summed E-state index contributed by atoms with van der Waals surface area (Å²) in [5.41, 5.74) is -1.82. The van der Waals surface area contributed by atoms with Gasteiger partial charge >= 0.3 is 12.1 Å². The minimum Gasteiger partial charge on any atom is -0.469 e. The molecular formula is C9H7F4NO2. The number of nitrogens with zero attached hydrogens (tertiary/aromatic N) is 1. The van der Waals surface area contributed by atoms with Crippen molar-refractivity contribution in [2.45, 2.75) is 12.6 Å². The zero-order valence-corrected chi connectivity index (χ0v) is 8.14. The lowest BCUT2D eigenvalue weighted by atomic mass is 10.2. The van der Waals surface area contributed by atoms with Crippen molar-refractivity contribution >= 4 is 5.97 Å². The predicted molar refractivity (Wildman–Crippen MR) is 44.9 cm³/mol. The van der Waals surface area contributed by atoms with E-state index in [1.165, 1.54) is 0 Å². The Morgan fingerprint density at radius 2 is 2.06 bits per heavy atom. The van der Waals surface area contributed by atoms with Crippen LogP contribution in [0.25, 0.3) is 0 Å². The Labute approximate surface area is 88.0 Å². The molecule has 0 unspecified atom stereocenters. The van der Waals surface area contributed by atoms with E-state index >= 15 is 0 Å². The van der Waals surface area contributed by atoms with E-state index in [1.54, 1.807) is 0 Å². The number of carbonyl (C=O) groups excluding carboxylic acids is 1. The molecule has 1 heterocycles. The van der Waals surface area contributed by atoms with Crippen molar-refractivity contribution in [1.82, 2.24) is 4.98 Å². The van der Waals surface area contributed by atoms with Crippen LogP contribution in [-0.4, -0.2) is 18.1 Å². The normalized spacial score (nSPS) is 11.3. The van der Waals surface area contributed by atoms with Gasteiger partial charge in [-0.1, -0.05) is 0 Å². The highest BCUT2D eigenvalue weighted by atomic mass is 19.4. The minimum absolute atomic E-state index is 0.510. The SMILES string of the molecule is COC(=O)Cc1nc(C(F)(F)F)ccc1F. The first-order valence-electron chi connectivity index (χ1n) is 4.14. The number of carbonyl (C=O) groups is 1. The van der Waals surface area contributed by atoms with Crippen molar-refractivity contribution in [1.29, 1.82) is 0 Å². The Kier molecular flexibility index (Phi) is 3.46. The smallest absolute Gasteiger partial charge is 0.433 e. The quantitative estimate of drug-likeness (QED) is 0.583. The van der Waals surface area contributed by atoms with Crippen LogP contribution >= 0.6 is 0 Å². The summed E-state index contributed by atoms with van der Waals surface area (Å²) in [6.45, 7) is 0. The number of rotatable bonds is 2. The Balaban J connectivity index is 3.04. The van der Waals surface area contributed by atoms with E-state index in [0.29, 0.717) is 12.1 Å². The standard InChI is InChI=1S/C9H7F4NO2/c1-16-8(15)4-6-5(10)2-3-7(14-6)9(11,12)13/h2-3H,4H2,1H3. The summed E-state index contributed by atoms with van der Waals surface area (Å²) >= 11 is 0. The van der Waals surface area contributed by atoms with E-state index in [9.17, 15) is 22.4 Å². The third-order valence-electron chi connectivity index (χ3n) is 1.75. The van der Waals surface area contributed by atoms with Gasteiger partial charge in [-0.3, -0.25) is 4.79 Å². The third-order valence-corrected chi connectivity index (χ3v) is 1.75. The van der Waals surface area contributed by atoms with Gasteiger partial charge in [-0.25, -0.2) is 9.37 Å². The number of halogens is 4. The zero-order chi connectivity index (χ0) is 12.3. The monoisotopic (exact) mass is 237 g/mol. The molecule has 1 aromatic heterocycles. The molecule has 0 spiro atoms. The van der Waals surface area contributed by atoms with Crippen molar-refractivity contribution in [3.05, 3.63) is 29.3 Å². The van der Waals surface area contributed by atoms with E-state index in [-0.39, 0.29) is 0 Å². The summed E-state index contributed by atoms with van der Waals surface area (Å²) in [5, 5.41) is 0. The summed E-state index contributed by atoms with van der Waals surface area (Å²) in [6.07, 6.45) is -5.30. The maximum Gasteiger partial charge on any atom is 0.433 e. The van der Waals surface area contributed by atoms with Gasteiger partial charge in [0, 0.05) is 0 Å². The van der Waals surface area contributed by atoms with Crippen molar-refractivity contribution in [2.75, 3.05) is 7.11 Å². The number of hydrogen-bond donors (Lipinski definition) is 0. The Hall–Kier alpha value is -1.66. The second kappa shape index (κ2) is 4.46. The van der Waals surface area contributed by atoms with Crippen LogP contribution in [0.1, 0.15) is 11.4 Å². The highest BCUT2D eigenvalue weighted by molar-refractivity contribution is 5.71. The Bertz CT molecular complexity index is 403. The highest BCUT2D eigenvalue weighted by Crippen LogP contribution is 2.28. The second-order valence-corrected chi connectivity index (χ2v) is 2.88. The van der Waals surface area contributed by atoms with Gasteiger partial charge in [0.1, 0.15) is 11.5 Å². The molecule has 0 fully saturated rings. The number of hydrogen-bond acceptors (Lipinski definition) is 3. The van der Waals surface area contributed by atoms with Crippen molar-refractivity contribution in [3.63, 3.8) is 0 Å². The van der Waals surface area contributed by atoms with E-state index in [1.807, 2.05) is 0 Å². The molecule has 0 aliphatic rings. The molecule has 0 aliphatic carbocycles. The number of ether oxygens (including phenoxy) is 1. The predicted octanol–water partition coefficient (Wildman–Crippen LogP) is 1.95. The van der Waals surface area contributed by atoms with Crippen molar-refractivity contribution in [3.8, 4) is 0 Å². The van der Waals surface area contributed by atoms with Gasteiger partial charge < -0.3 is 4.74 Å². The molecule has 0 atom stereocenters. The molecule has 16 heavy (non-hydrogen) atoms. The molecule has 1 aromatic rings. The molecule has 0 aliphatic heterocycles. The fourth-order valence-electron chi connectivity index (χ4n) is 0.975. The van der Waals surface area contributed by atoms with Crippen LogP contribution in [0.2, 0.25) is 0 Å². The van der Waals surface area contributed by atoms with E-state index < -0.39 is 35.8 Å². The van der Waals surface area contributed by atoms with Crippen LogP contribution in [0.5, 0.6) is 0 Å². The molecule has 0 saturated carbocycles. The van der Waals surface area contributed by atoms with Crippen LogP contribution < -0.4 is 0 Å². The van der Waals surface area contributed by atoms with Crippen LogP contribution in [0, 0.1) is 5.82 Å². The number of aromatic nitrogens is 1. The molecule has 0 aromatic carbocycles. The molecule has 88 valence electrons. The Morgan fingerprint density at radius 3 is 2.56 bits per heavy atom. The molecule has 7 heteroatoms. The highest BCUT2D eigenvalue weighted by Gasteiger charge is 2.33. The molecule has 0 bridgehead atoms. The summed E-state index contributed by atoms with van der Waals surface area (Å²) in [7, 11) is 1.05. The second-order valence-electron chi connectivity index (χ2n) is 2.88. The summed E-state index contributed by atoms with van der Waals surface area (Å²) in [4.78, 5) is 13.8. The number of esters is 1. The molecule has 0 saturated heterocycles. The lowest BCUT2D eigenvalue weighted by Crippen LogP contribution is -2.13. The van der Waals surface area contributed by atoms with E-state index in [4.69, 9.17) is 0 Å². The molecule has 3 nitrogen and oxygen atoms in total. The van der Waals surface area contributed by atoms with Crippen molar-refractivity contribution in [2.24, 2.45) is 0 Å². The first-order valence-corrected chi connectivity index (χ1v) is 4.14. The molecular weight excluding hydrogens is 230 g/mol. The van der Waals surface area contributed by atoms with Crippen LogP contribution in [0.15, 0.2) is 12.1 Å². The van der Waals surface area contributed by atoms with Gasteiger partial charge in [-0.2, -0.15) is 13.2 Å². The van der Waals surface area contributed by atoms with Gasteiger partial charge in [-0.15, -0.1) is 0 Å². The average molecular weight is 237 g/mol. The van der Waals surface area contributed by atoms with Crippen LogP contribution in [-0.2, 0) is 22.1 Å². The first-order chi connectivity index (χ1) is 7.34. The zero-order valence-electron chi connectivity index (χ0n) is 8.14. The largest absolute Gasteiger partial charge is 0.469 e. The summed E-state index contributed by atoms with van der Waals surface area (Å²) in [5.74, 6) is -1.83. The van der Waals surface area contributed by atoms with Gasteiger partial charge in [0.2, 0.25) is 0 Å².